The van der Waals surface area contributed by atoms with Crippen LogP contribution in [0.5, 0.6) is 11.5 Å². The normalized spacial score (nSPS) is 12.0. The predicted octanol–water partition coefficient (Wildman–Crippen LogP) is 15.5. The van der Waals surface area contributed by atoms with Crippen LogP contribution >= 0.6 is 11.3 Å². The van der Waals surface area contributed by atoms with Crippen LogP contribution in [0.2, 0.25) is 0 Å². The van der Waals surface area contributed by atoms with Crippen molar-refractivity contribution >= 4 is 81.3 Å². The molecule has 0 saturated heterocycles. The number of anilines is 3. The summed E-state index contributed by atoms with van der Waals surface area (Å²) in [5.41, 5.74) is 9.63. The molecule has 0 unspecified atom stereocenters. The SMILES string of the molecule is c1ccc(-c2nc(-c3ccc4c5c(cccc35)-c3cc(N(c5ccccc5)c5ccc6c(c5)oc5ccccc56)ccc3O4)nc(-c3cccc4sc5ccccc5c34)n2)cc1. The molecule has 12 aromatic rings. The van der Waals surface area contributed by atoms with Gasteiger partial charge in [-0.1, -0.05) is 115 Å². The molecule has 0 amide bonds. The minimum absolute atomic E-state index is 0.602. The Bertz CT molecular complexity index is 3750. The van der Waals surface area contributed by atoms with Crippen LogP contribution in [0.15, 0.2) is 199 Å². The van der Waals surface area contributed by atoms with Crippen molar-refractivity contribution in [1.29, 1.82) is 0 Å². The lowest BCUT2D eigenvalue weighted by molar-refractivity contribution is 0.487. The average Bonchev–Trinajstić information content (AvgIpc) is 3.91. The second-order valence-corrected chi connectivity index (χ2v) is 16.6. The Morgan fingerprint density at radius 3 is 1.90 bits per heavy atom. The first-order chi connectivity index (χ1) is 30.7. The fourth-order valence-corrected chi connectivity index (χ4v) is 10.3. The number of rotatable bonds is 6. The largest absolute Gasteiger partial charge is 0.456 e. The van der Waals surface area contributed by atoms with E-state index in [1.54, 1.807) is 11.3 Å². The van der Waals surface area contributed by atoms with Crippen LogP contribution in [0.4, 0.5) is 17.1 Å². The highest BCUT2D eigenvalue weighted by Crippen LogP contribution is 2.51. The van der Waals surface area contributed by atoms with Crippen LogP contribution in [0.3, 0.4) is 0 Å². The standard InChI is InChI=1S/C55H32N4O2S/c1-3-13-33(14-4-1)53-56-54(58-55(57-53)43-21-12-24-50-52(43)42-18-8-10-23-49(42)62-50)41-28-30-47-51-39(41)19-11-20-40(51)44-31-35(26-29-46(44)60-47)59(34-15-5-2-6-16-34)36-25-27-38-37-17-7-9-22-45(37)61-48(38)32-36/h1-32H. The van der Waals surface area contributed by atoms with Gasteiger partial charge in [0.2, 0.25) is 0 Å². The Morgan fingerprint density at radius 2 is 1.02 bits per heavy atom. The Morgan fingerprint density at radius 1 is 0.371 bits per heavy atom. The smallest absolute Gasteiger partial charge is 0.164 e. The van der Waals surface area contributed by atoms with E-state index < -0.39 is 0 Å². The number of thiophene rings is 1. The molecule has 1 aliphatic heterocycles. The van der Waals surface area contributed by atoms with Gasteiger partial charge in [0.05, 0.1) is 0 Å². The van der Waals surface area contributed by atoms with Crippen LogP contribution in [0, 0.1) is 0 Å². The number of nitrogens with zero attached hydrogens (tertiary/aromatic N) is 4. The van der Waals surface area contributed by atoms with Gasteiger partial charge in [0.1, 0.15) is 22.7 Å². The first-order valence-electron chi connectivity index (χ1n) is 20.6. The summed E-state index contributed by atoms with van der Waals surface area (Å²) in [6.07, 6.45) is 0. The van der Waals surface area contributed by atoms with E-state index in [-0.39, 0.29) is 0 Å². The summed E-state index contributed by atoms with van der Waals surface area (Å²) < 4.78 is 15.6. The molecule has 62 heavy (non-hydrogen) atoms. The summed E-state index contributed by atoms with van der Waals surface area (Å²) in [5, 5.41) is 6.57. The number of para-hydroxylation sites is 2. The van der Waals surface area contributed by atoms with E-state index in [0.29, 0.717) is 17.5 Å². The lowest BCUT2D eigenvalue weighted by atomic mass is 9.92. The van der Waals surface area contributed by atoms with Crippen molar-refractivity contribution in [3.8, 4) is 56.8 Å². The third kappa shape index (κ3) is 5.45. The molecule has 0 radical (unpaired) electrons. The third-order valence-corrected chi connectivity index (χ3v) is 13.1. The highest BCUT2D eigenvalue weighted by molar-refractivity contribution is 7.25. The highest BCUT2D eigenvalue weighted by atomic mass is 32.1. The Balaban J connectivity index is 0.980. The lowest BCUT2D eigenvalue weighted by Gasteiger charge is -2.28. The average molecular weight is 813 g/mol. The minimum Gasteiger partial charge on any atom is -0.456 e. The van der Waals surface area contributed by atoms with E-state index in [9.17, 15) is 0 Å². The first kappa shape index (κ1) is 34.7. The van der Waals surface area contributed by atoms with Crippen LogP contribution in [-0.4, -0.2) is 15.0 Å². The molecule has 0 bridgehead atoms. The highest BCUT2D eigenvalue weighted by Gasteiger charge is 2.26. The van der Waals surface area contributed by atoms with Gasteiger partial charge in [-0.3, -0.25) is 0 Å². The van der Waals surface area contributed by atoms with Gasteiger partial charge in [-0.2, -0.15) is 0 Å². The van der Waals surface area contributed by atoms with Crippen molar-refractivity contribution in [2.45, 2.75) is 0 Å². The second-order valence-electron chi connectivity index (χ2n) is 15.5. The van der Waals surface area contributed by atoms with Gasteiger partial charge in [0.15, 0.2) is 17.5 Å². The number of ether oxygens (including phenoxy) is 1. The van der Waals surface area contributed by atoms with Crippen molar-refractivity contribution in [1.82, 2.24) is 15.0 Å². The number of hydrogen-bond donors (Lipinski definition) is 0. The summed E-state index contributed by atoms with van der Waals surface area (Å²) in [7, 11) is 0. The van der Waals surface area contributed by atoms with Crippen molar-refractivity contribution in [3.63, 3.8) is 0 Å². The number of aromatic nitrogens is 3. The van der Waals surface area contributed by atoms with Gasteiger partial charge in [-0.25, -0.2) is 15.0 Å². The third-order valence-electron chi connectivity index (χ3n) is 11.9. The number of hydrogen-bond acceptors (Lipinski definition) is 7. The molecule has 3 aromatic heterocycles. The zero-order valence-corrected chi connectivity index (χ0v) is 33.8. The molecule has 0 N–H and O–H groups in total. The van der Waals surface area contributed by atoms with E-state index in [2.05, 4.69) is 163 Å². The molecule has 4 heterocycles. The first-order valence-corrected chi connectivity index (χ1v) is 21.4. The summed E-state index contributed by atoms with van der Waals surface area (Å²) >= 11 is 1.79. The zero-order valence-electron chi connectivity index (χ0n) is 33.0. The van der Waals surface area contributed by atoms with E-state index in [0.717, 1.165) is 94.5 Å². The fourth-order valence-electron chi connectivity index (χ4n) is 9.13. The fraction of sp³-hybridized carbons (Fsp3) is 0. The van der Waals surface area contributed by atoms with Gasteiger partial charge in [0.25, 0.3) is 0 Å². The van der Waals surface area contributed by atoms with E-state index in [1.807, 2.05) is 36.4 Å². The maximum atomic E-state index is 6.76. The summed E-state index contributed by atoms with van der Waals surface area (Å²) in [4.78, 5) is 17.9. The molecule has 7 heteroatoms. The zero-order chi connectivity index (χ0) is 40.7. The van der Waals surface area contributed by atoms with Gasteiger partial charge in [-0.15, -0.1) is 11.3 Å². The summed E-state index contributed by atoms with van der Waals surface area (Å²) in [6.45, 7) is 0. The number of furan rings is 1. The second kappa shape index (κ2) is 13.7. The monoisotopic (exact) mass is 812 g/mol. The molecule has 0 spiro atoms. The Kier molecular flexibility index (Phi) is 7.67. The quantitative estimate of drug-likeness (QED) is 0.167. The van der Waals surface area contributed by atoms with Crippen molar-refractivity contribution < 1.29 is 9.15 Å². The van der Waals surface area contributed by atoms with Crippen LogP contribution in [0.25, 0.3) is 98.2 Å². The Labute approximate surface area is 359 Å². The molecule has 0 saturated carbocycles. The van der Waals surface area contributed by atoms with Crippen LogP contribution in [-0.2, 0) is 0 Å². The van der Waals surface area contributed by atoms with Gasteiger partial charge >= 0.3 is 0 Å². The molecule has 290 valence electrons. The van der Waals surface area contributed by atoms with E-state index in [1.165, 1.54) is 14.8 Å². The van der Waals surface area contributed by atoms with Crippen molar-refractivity contribution in [2.24, 2.45) is 0 Å². The predicted molar refractivity (Wildman–Crippen MR) is 254 cm³/mol. The molecule has 9 aromatic carbocycles. The molecule has 0 aliphatic carbocycles. The summed E-state index contributed by atoms with van der Waals surface area (Å²) in [5.74, 6) is 3.45. The van der Waals surface area contributed by atoms with Crippen molar-refractivity contribution in [2.75, 3.05) is 4.90 Å². The maximum absolute atomic E-state index is 6.76. The van der Waals surface area contributed by atoms with Crippen LogP contribution < -0.4 is 9.64 Å². The van der Waals surface area contributed by atoms with Crippen LogP contribution in [0.1, 0.15) is 0 Å². The molecule has 6 nitrogen and oxygen atoms in total. The van der Waals surface area contributed by atoms with Crippen molar-refractivity contribution in [3.05, 3.63) is 194 Å². The number of benzene rings is 9. The molecule has 0 atom stereocenters. The summed E-state index contributed by atoms with van der Waals surface area (Å²) in [6, 6.07) is 67.2. The maximum Gasteiger partial charge on any atom is 0.164 e. The molecule has 0 fully saturated rings. The molecule has 13 rings (SSSR count). The van der Waals surface area contributed by atoms with Gasteiger partial charge < -0.3 is 14.1 Å². The molecule has 1 aliphatic rings. The molecular weight excluding hydrogens is 781 g/mol. The van der Waals surface area contributed by atoms with E-state index in [4.69, 9.17) is 24.1 Å². The molecular formula is C55H32N4O2S. The Hall–Kier alpha value is -8.13. The van der Waals surface area contributed by atoms with Gasteiger partial charge in [0, 0.05) is 81.7 Å². The van der Waals surface area contributed by atoms with E-state index >= 15 is 0 Å². The number of fused-ring (bicyclic) bond motifs is 8. The minimum atomic E-state index is 0.602. The van der Waals surface area contributed by atoms with Gasteiger partial charge in [-0.05, 0) is 83.7 Å². The topological polar surface area (TPSA) is 64.3 Å². The lowest BCUT2D eigenvalue weighted by Crippen LogP contribution is -2.10.